The fourth-order valence-electron chi connectivity index (χ4n) is 3.01. The molecule has 1 aliphatic carbocycles. The van der Waals surface area contributed by atoms with Gasteiger partial charge in [-0.1, -0.05) is 12.1 Å². The zero-order valence-corrected chi connectivity index (χ0v) is 15.7. The minimum atomic E-state index is -0.621. The van der Waals surface area contributed by atoms with E-state index in [1.807, 2.05) is 11.8 Å². The first-order valence-electron chi connectivity index (χ1n) is 9.32. The SMILES string of the molecule is CCNC(=O)c1cccc(NC(=O)CN(Cc2ccc(F)cc2F)C2CC2)c1. The van der Waals surface area contributed by atoms with Gasteiger partial charge in [-0.2, -0.15) is 0 Å². The van der Waals surface area contributed by atoms with Crippen LogP contribution in [0.1, 0.15) is 35.7 Å². The number of amides is 2. The van der Waals surface area contributed by atoms with Gasteiger partial charge in [-0.15, -0.1) is 0 Å². The van der Waals surface area contributed by atoms with E-state index in [0.29, 0.717) is 23.4 Å². The largest absolute Gasteiger partial charge is 0.352 e. The second kappa shape index (κ2) is 8.93. The summed E-state index contributed by atoms with van der Waals surface area (Å²) in [6, 6.07) is 10.4. The lowest BCUT2D eigenvalue weighted by atomic mass is 10.1. The van der Waals surface area contributed by atoms with Crippen LogP contribution in [0, 0.1) is 11.6 Å². The van der Waals surface area contributed by atoms with Crippen LogP contribution < -0.4 is 10.6 Å². The molecule has 0 atom stereocenters. The van der Waals surface area contributed by atoms with E-state index in [1.165, 1.54) is 12.1 Å². The van der Waals surface area contributed by atoms with E-state index in [0.717, 1.165) is 18.9 Å². The van der Waals surface area contributed by atoms with Crippen LogP contribution in [0.3, 0.4) is 0 Å². The lowest BCUT2D eigenvalue weighted by Gasteiger charge is -2.22. The number of nitrogens with one attached hydrogen (secondary N) is 2. The van der Waals surface area contributed by atoms with Crippen LogP contribution in [0.5, 0.6) is 0 Å². The van der Waals surface area contributed by atoms with Gasteiger partial charge in [-0.25, -0.2) is 8.78 Å². The molecule has 2 aromatic rings. The number of carbonyl (C=O) groups is 2. The molecule has 1 saturated carbocycles. The molecule has 0 spiro atoms. The van der Waals surface area contributed by atoms with Crippen LogP contribution in [0.25, 0.3) is 0 Å². The molecular weight excluding hydrogens is 364 g/mol. The van der Waals surface area contributed by atoms with Crippen molar-refractivity contribution in [3.8, 4) is 0 Å². The Labute approximate surface area is 162 Å². The van der Waals surface area contributed by atoms with E-state index in [-0.39, 0.29) is 30.9 Å². The monoisotopic (exact) mass is 387 g/mol. The Bertz CT molecular complexity index is 868. The molecule has 28 heavy (non-hydrogen) atoms. The number of halogens is 2. The molecule has 0 saturated heterocycles. The molecule has 5 nitrogen and oxygen atoms in total. The molecule has 1 fully saturated rings. The lowest BCUT2D eigenvalue weighted by Crippen LogP contribution is -2.34. The number of rotatable bonds is 8. The van der Waals surface area contributed by atoms with Gasteiger partial charge < -0.3 is 10.6 Å². The molecule has 0 unspecified atom stereocenters. The first-order valence-corrected chi connectivity index (χ1v) is 9.32. The summed E-state index contributed by atoms with van der Waals surface area (Å²) in [7, 11) is 0. The molecule has 0 radical (unpaired) electrons. The van der Waals surface area contributed by atoms with Crippen molar-refractivity contribution in [1.29, 1.82) is 0 Å². The quantitative estimate of drug-likeness (QED) is 0.731. The van der Waals surface area contributed by atoms with Crippen LogP contribution in [-0.2, 0) is 11.3 Å². The van der Waals surface area contributed by atoms with E-state index in [4.69, 9.17) is 0 Å². The molecule has 0 aromatic heterocycles. The minimum absolute atomic E-state index is 0.0901. The zero-order chi connectivity index (χ0) is 20.1. The summed E-state index contributed by atoms with van der Waals surface area (Å²) in [5, 5.41) is 5.50. The van der Waals surface area contributed by atoms with Crippen LogP contribution in [-0.4, -0.2) is 35.8 Å². The van der Waals surface area contributed by atoms with Gasteiger partial charge in [0.05, 0.1) is 6.54 Å². The van der Waals surface area contributed by atoms with Crippen molar-refractivity contribution in [3.05, 3.63) is 65.2 Å². The summed E-state index contributed by atoms with van der Waals surface area (Å²) < 4.78 is 27.1. The van der Waals surface area contributed by atoms with Gasteiger partial charge in [0.2, 0.25) is 5.91 Å². The van der Waals surface area contributed by atoms with Gasteiger partial charge >= 0.3 is 0 Å². The highest BCUT2D eigenvalue weighted by atomic mass is 19.1. The van der Waals surface area contributed by atoms with Crippen molar-refractivity contribution < 1.29 is 18.4 Å². The lowest BCUT2D eigenvalue weighted by molar-refractivity contribution is -0.117. The zero-order valence-electron chi connectivity index (χ0n) is 15.7. The van der Waals surface area contributed by atoms with Crippen LogP contribution in [0.15, 0.2) is 42.5 Å². The summed E-state index contributed by atoms with van der Waals surface area (Å²) in [6.07, 6.45) is 1.89. The maximum absolute atomic E-state index is 14.0. The number of benzene rings is 2. The topological polar surface area (TPSA) is 61.4 Å². The van der Waals surface area contributed by atoms with Gasteiger partial charge in [0.25, 0.3) is 5.91 Å². The molecule has 2 N–H and O–H groups in total. The van der Waals surface area contributed by atoms with Crippen molar-refractivity contribution in [2.45, 2.75) is 32.4 Å². The van der Waals surface area contributed by atoms with Crippen LogP contribution in [0.4, 0.5) is 14.5 Å². The number of nitrogens with zero attached hydrogens (tertiary/aromatic N) is 1. The molecule has 1 aliphatic rings. The first-order chi connectivity index (χ1) is 13.5. The average molecular weight is 387 g/mol. The number of hydrogen-bond donors (Lipinski definition) is 2. The van der Waals surface area contributed by atoms with E-state index < -0.39 is 11.6 Å². The Morgan fingerprint density at radius 3 is 2.61 bits per heavy atom. The molecule has 2 amide bonds. The maximum Gasteiger partial charge on any atom is 0.251 e. The highest BCUT2D eigenvalue weighted by molar-refractivity contribution is 5.97. The summed E-state index contributed by atoms with van der Waals surface area (Å²) in [4.78, 5) is 26.3. The maximum atomic E-state index is 14.0. The molecule has 0 aliphatic heterocycles. The van der Waals surface area contributed by atoms with Crippen molar-refractivity contribution in [2.75, 3.05) is 18.4 Å². The predicted molar refractivity (Wildman–Crippen MR) is 103 cm³/mol. The van der Waals surface area contributed by atoms with E-state index >= 15 is 0 Å². The van der Waals surface area contributed by atoms with E-state index in [2.05, 4.69) is 10.6 Å². The molecule has 148 valence electrons. The second-order valence-electron chi connectivity index (χ2n) is 6.86. The standard InChI is InChI=1S/C21H23F2N3O2/c1-2-24-21(28)14-4-3-5-17(10-14)25-20(27)13-26(18-8-9-18)12-15-6-7-16(22)11-19(15)23/h3-7,10-11,18H,2,8-9,12-13H2,1H3,(H,24,28)(H,25,27). The highest BCUT2D eigenvalue weighted by Gasteiger charge is 2.30. The number of carbonyl (C=O) groups excluding carboxylic acids is 2. The summed E-state index contributed by atoms with van der Waals surface area (Å²) in [6.45, 7) is 2.68. The number of hydrogen-bond acceptors (Lipinski definition) is 3. The van der Waals surface area contributed by atoms with Gasteiger partial charge in [0, 0.05) is 42.0 Å². The summed E-state index contributed by atoms with van der Waals surface area (Å²) in [5.74, 6) is -1.68. The summed E-state index contributed by atoms with van der Waals surface area (Å²) in [5.41, 5.74) is 1.35. The smallest absolute Gasteiger partial charge is 0.251 e. The third-order valence-electron chi connectivity index (χ3n) is 4.54. The van der Waals surface area contributed by atoms with E-state index in [9.17, 15) is 18.4 Å². The third kappa shape index (κ3) is 5.36. The van der Waals surface area contributed by atoms with Gasteiger partial charge in [-0.3, -0.25) is 14.5 Å². The van der Waals surface area contributed by atoms with Crippen molar-refractivity contribution >= 4 is 17.5 Å². The van der Waals surface area contributed by atoms with Crippen molar-refractivity contribution in [1.82, 2.24) is 10.2 Å². The Hall–Kier alpha value is -2.80. The predicted octanol–water partition coefficient (Wildman–Crippen LogP) is 3.32. The fraction of sp³-hybridized carbons (Fsp3) is 0.333. The summed E-state index contributed by atoms with van der Waals surface area (Å²) >= 11 is 0. The van der Waals surface area contributed by atoms with E-state index in [1.54, 1.807) is 24.3 Å². The first kappa shape index (κ1) is 19.9. The minimum Gasteiger partial charge on any atom is -0.352 e. The Kier molecular flexibility index (Phi) is 6.36. The number of anilines is 1. The van der Waals surface area contributed by atoms with Crippen LogP contribution in [0.2, 0.25) is 0 Å². The normalized spacial score (nSPS) is 13.4. The van der Waals surface area contributed by atoms with Crippen LogP contribution >= 0.6 is 0 Å². The van der Waals surface area contributed by atoms with Gasteiger partial charge in [-0.05, 0) is 44.0 Å². The van der Waals surface area contributed by atoms with Gasteiger partial charge in [0.15, 0.2) is 0 Å². The third-order valence-corrected chi connectivity index (χ3v) is 4.54. The molecule has 0 bridgehead atoms. The fourth-order valence-corrected chi connectivity index (χ4v) is 3.01. The average Bonchev–Trinajstić information content (AvgIpc) is 3.49. The molecule has 3 rings (SSSR count). The van der Waals surface area contributed by atoms with Gasteiger partial charge in [0.1, 0.15) is 11.6 Å². The molecule has 7 heteroatoms. The second-order valence-corrected chi connectivity index (χ2v) is 6.86. The van der Waals surface area contributed by atoms with Crippen molar-refractivity contribution in [3.63, 3.8) is 0 Å². The Morgan fingerprint density at radius 2 is 1.93 bits per heavy atom. The Morgan fingerprint density at radius 1 is 1.14 bits per heavy atom. The highest BCUT2D eigenvalue weighted by Crippen LogP contribution is 2.28. The Balaban J connectivity index is 1.63. The van der Waals surface area contributed by atoms with Crippen molar-refractivity contribution in [2.24, 2.45) is 0 Å². The molecule has 2 aromatic carbocycles. The molecule has 0 heterocycles. The molecular formula is C21H23F2N3O2.